The first-order valence-electron chi connectivity index (χ1n) is 15.6. The van der Waals surface area contributed by atoms with Gasteiger partial charge in [-0.15, -0.1) is 0 Å². The summed E-state index contributed by atoms with van der Waals surface area (Å²) in [4.78, 5) is 46.5. The standard InChI is InChI=1S/C35H44N4O5/c1-6-39(35(42)26-7-8-26)31-20-28(27-9-10-32(23(3)18-27)44-16-13-38-11-14-43-15-12-38)19-29(25(31)5)33(40)36-21-30-22(2)17-24(4)37-34(30)41/h9-10,17-20,26H,6-8,11-16,21H2,1-5H3,(H,36,40)(H,37,41). The number of nitrogens with one attached hydrogen (secondary N) is 2. The number of ether oxygens (including phenoxy) is 2. The van der Waals surface area contributed by atoms with E-state index in [-0.39, 0.29) is 29.8 Å². The zero-order chi connectivity index (χ0) is 31.4. The van der Waals surface area contributed by atoms with Crippen LogP contribution in [0.1, 0.15) is 58.1 Å². The third kappa shape index (κ3) is 7.22. The lowest BCUT2D eigenvalue weighted by Crippen LogP contribution is -2.38. The van der Waals surface area contributed by atoms with Gasteiger partial charge in [0.15, 0.2) is 0 Å². The van der Waals surface area contributed by atoms with Crippen LogP contribution in [0.15, 0.2) is 41.2 Å². The molecule has 0 spiro atoms. The van der Waals surface area contributed by atoms with Gasteiger partial charge in [0.1, 0.15) is 12.4 Å². The topological polar surface area (TPSA) is 104 Å². The first-order valence-corrected chi connectivity index (χ1v) is 15.6. The zero-order valence-corrected chi connectivity index (χ0v) is 26.5. The molecule has 0 radical (unpaired) electrons. The summed E-state index contributed by atoms with van der Waals surface area (Å²) in [6, 6.07) is 11.8. The molecule has 2 heterocycles. The summed E-state index contributed by atoms with van der Waals surface area (Å²) in [5.41, 5.74) is 6.63. The second kappa shape index (κ2) is 13.8. The number of nitrogens with zero attached hydrogens (tertiary/aromatic N) is 2. The number of amides is 2. The van der Waals surface area contributed by atoms with Gasteiger partial charge in [-0.3, -0.25) is 19.3 Å². The van der Waals surface area contributed by atoms with Crippen LogP contribution < -0.4 is 20.5 Å². The number of aromatic amines is 1. The molecule has 234 valence electrons. The molecule has 3 aromatic rings. The Morgan fingerprint density at radius 3 is 2.43 bits per heavy atom. The Morgan fingerprint density at radius 1 is 1.02 bits per heavy atom. The summed E-state index contributed by atoms with van der Waals surface area (Å²) in [5.74, 6) is 0.675. The number of H-pyrrole nitrogens is 1. The van der Waals surface area contributed by atoms with Gasteiger partial charge in [-0.25, -0.2) is 0 Å². The largest absolute Gasteiger partial charge is 0.492 e. The molecule has 9 heteroatoms. The summed E-state index contributed by atoms with van der Waals surface area (Å²) in [6.07, 6.45) is 1.80. The van der Waals surface area contributed by atoms with E-state index in [2.05, 4.69) is 21.3 Å². The van der Waals surface area contributed by atoms with Gasteiger partial charge >= 0.3 is 0 Å². The fourth-order valence-corrected chi connectivity index (χ4v) is 5.84. The number of aryl methyl sites for hydroxylation is 3. The van der Waals surface area contributed by atoms with Crippen molar-refractivity contribution in [2.24, 2.45) is 5.92 Å². The highest BCUT2D eigenvalue weighted by Gasteiger charge is 2.34. The number of hydrogen-bond acceptors (Lipinski definition) is 6. The summed E-state index contributed by atoms with van der Waals surface area (Å²) < 4.78 is 11.6. The van der Waals surface area contributed by atoms with E-state index in [4.69, 9.17) is 9.47 Å². The Bertz CT molecular complexity index is 1590. The van der Waals surface area contributed by atoms with Gasteiger partial charge in [0.2, 0.25) is 5.91 Å². The van der Waals surface area contributed by atoms with E-state index >= 15 is 0 Å². The number of anilines is 1. The van der Waals surface area contributed by atoms with Crippen LogP contribution in [-0.2, 0) is 16.1 Å². The number of aromatic nitrogens is 1. The average molecular weight is 601 g/mol. The number of rotatable bonds is 11. The van der Waals surface area contributed by atoms with Crippen LogP contribution in [0.4, 0.5) is 5.69 Å². The van der Waals surface area contributed by atoms with Crippen LogP contribution in [0, 0.1) is 33.6 Å². The maximum absolute atomic E-state index is 13.7. The molecule has 44 heavy (non-hydrogen) atoms. The molecule has 1 saturated heterocycles. The Hall–Kier alpha value is -3.95. The quantitative estimate of drug-likeness (QED) is 0.331. The van der Waals surface area contributed by atoms with Crippen molar-refractivity contribution in [2.45, 2.75) is 54.0 Å². The van der Waals surface area contributed by atoms with Crippen LogP contribution >= 0.6 is 0 Å². The molecular weight excluding hydrogens is 556 g/mol. The van der Waals surface area contributed by atoms with Crippen molar-refractivity contribution in [3.8, 4) is 16.9 Å². The highest BCUT2D eigenvalue weighted by atomic mass is 16.5. The average Bonchev–Trinajstić information content (AvgIpc) is 3.85. The highest BCUT2D eigenvalue weighted by Crippen LogP contribution is 2.37. The molecule has 2 aliphatic rings. The molecule has 0 atom stereocenters. The molecule has 1 aromatic heterocycles. The van der Waals surface area contributed by atoms with E-state index < -0.39 is 0 Å². The Kier molecular flexibility index (Phi) is 9.86. The van der Waals surface area contributed by atoms with Crippen LogP contribution in [0.25, 0.3) is 11.1 Å². The van der Waals surface area contributed by atoms with Crippen LogP contribution in [0.3, 0.4) is 0 Å². The summed E-state index contributed by atoms with van der Waals surface area (Å²) >= 11 is 0. The van der Waals surface area contributed by atoms with Gasteiger partial charge in [0.05, 0.1) is 13.2 Å². The van der Waals surface area contributed by atoms with E-state index in [1.807, 2.05) is 65.0 Å². The minimum Gasteiger partial charge on any atom is -0.492 e. The maximum atomic E-state index is 13.7. The third-order valence-corrected chi connectivity index (χ3v) is 8.62. The van der Waals surface area contributed by atoms with E-state index in [1.165, 1.54) is 0 Å². The summed E-state index contributed by atoms with van der Waals surface area (Å²) in [6.45, 7) is 15.0. The molecule has 2 aromatic carbocycles. The van der Waals surface area contributed by atoms with E-state index in [9.17, 15) is 14.4 Å². The predicted octanol–water partition coefficient (Wildman–Crippen LogP) is 4.68. The molecule has 2 N–H and O–H groups in total. The number of carbonyl (C=O) groups is 2. The highest BCUT2D eigenvalue weighted by molar-refractivity contribution is 6.03. The molecule has 2 fully saturated rings. The van der Waals surface area contributed by atoms with E-state index in [1.54, 1.807) is 4.90 Å². The Balaban J connectivity index is 1.43. The van der Waals surface area contributed by atoms with Gasteiger partial charge in [0, 0.05) is 61.1 Å². The second-order valence-electron chi connectivity index (χ2n) is 11.9. The normalized spacial score (nSPS) is 15.2. The van der Waals surface area contributed by atoms with Crippen molar-refractivity contribution in [1.82, 2.24) is 15.2 Å². The molecule has 1 saturated carbocycles. The third-order valence-electron chi connectivity index (χ3n) is 8.62. The number of carbonyl (C=O) groups excluding carboxylic acids is 2. The second-order valence-corrected chi connectivity index (χ2v) is 11.9. The number of pyridine rings is 1. The number of benzene rings is 2. The van der Waals surface area contributed by atoms with Crippen LogP contribution in [-0.4, -0.2) is 67.7 Å². The van der Waals surface area contributed by atoms with Crippen molar-refractivity contribution in [3.63, 3.8) is 0 Å². The SMILES string of the molecule is CCN(C(=O)C1CC1)c1cc(-c2ccc(OCCN3CCOCC3)c(C)c2)cc(C(=O)NCc2c(C)cc(C)[nH]c2=O)c1C. The predicted molar refractivity (Wildman–Crippen MR) is 173 cm³/mol. The van der Waals surface area contributed by atoms with Crippen molar-refractivity contribution >= 4 is 17.5 Å². The van der Waals surface area contributed by atoms with Gasteiger partial charge < -0.3 is 24.7 Å². The monoisotopic (exact) mass is 600 g/mol. The van der Waals surface area contributed by atoms with Gasteiger partial charge in [-0.05, 0) is 106 Å². The summed E-state index contributed by atoms with van der Waals surface area (Å²) in [7, 11) is 0. The van der Waals surface area contributed by atoms with E-state index in [0.717, 1.165) is 90.6 Å². The minimum atomic E-state index is -0.292. The Morgan fingerprint density at radius 2 is 1.77 bits per heavy atom. The van der Waals surface area contributed by atoms with Crippen LogP contribution in [0.2, 0.25) is 0 Å². The van der Waals surface area contributed by atoms with Gasteiger partial charge in [-0.2, -0.15) is 0 Å². The molecule has 0 unspecified atom stereocenters. The lowest BCUT2D eigenvalue weighted by molar-refractivity contribution is -0.119. The fourth-order valence-electron chi connectivity index (χ4n) is 5.84. The zero-order valence-electron chi connectivity index (χ0n) is 26.5. The maximum Gasteiger partial charge on any atom is 0.253 e. The first-order chi connectivity index (χ1) is 21.2. The smallest absolute Gasteiger partial charge is 0.253 e. The fraction of sp³-hybridized carbons (Fsp3) is 0.457. The molecule has 2 amide bonds. The van der Waals surface area contributed by atoms with Crippen molar-refractivity contribution in [3.05, 3.63) is 80.3 Å². The molecule has 9 nitrogen and oxygen atoms in total. The van der Waals surface area contributed by atoms with Gasteiger partial charge in [0.25, 0.3) is 11.5 Å². The van der Waals surface area contributed by atoms with Crippen LogP contribution in [0.5, 0.6) is 5.75 Å². The van der Waals surface area contributed by atoms with E-state index in [0.29, 0.717) is 24.3 Å². The molecule has 1 aliphatic heterocycles. The minimum absolute atomic E-state index is 0.0441. The Labute approximate surface area is 259 Å². The molecule has 5 rings (SSSR count). The summed E-state index contributed by atoms with van der Waals surface area (Å²) in [5, 5.41) is 2.96. The lowest BCUT2D eigenvalue weighted by atomic mass is 9.95. The lowest BCUT2D eigenvalue weighted by Gasteiger charge is -2.26. The first kappa shape index (κ1) is 31.5. The van der Waals surface area contributed by atoms with Crippen molar-refractivity contribution < 1.29 is 19.1 Å². The molecular formula is C35H44N4O5. The molecule has 1 aliphatic carbocycles. The number of morpholine rings is 1. The van der Waals surface area contributed by atoms with Gasteiger partial charge in [-0.1, -0.05) is 6.07 Å². The molecule has 0 bridgehead atoms. The van der Waals surface area contributed by atoms with Crippen molar-refractivity contribution in [1.29, 1.82) is 0 Å². The van der Waals surface area contributed by atoms with Crippen molar-refractivity contribution in [2.75, 3.05) is 50.9 Å². The number of hydrogen-bond donors (Lipinski definition) is 2.